The zero-order chi connectivity index (χ0) is 14.8. The van der Waals surface area contributed by atoms with E-state index in [-0.39, 0.29) is 11.9 Å². The number of carbonyl (C=O) groups is 1. The number of allylic oxidation sites excluding steroid dienone is 1. The third kappa shape index (κ3) is 2.80. The van der Waals surface area contributed by atoms with E-state index in [0.717, 1.165) is 42.1 Å². The summed E-state index contributed by atoms with van der Waals surface area (Å²) < 4.78 is 5.30. The molecule has 3 rings (SSSR count). The third-order valence-electron chi connectivity index (χ3n) is 4.30. The van der Waals surface area contributed by atoms with E-state index < -0.39 is 0 Å². The van der Waals surface area contributed by atoms with Crippen molar-refractivity contribution < 1.29 is 9.53 Å². The average Bonchev–Trinajstić information content (AvgIpc) is 2.87. The molecular formula is C17H20ClNO2. The summed E-state index contributed by atoms with van der Waals surface area (Å²) in [6, 6.07) is 7.82. The number of halogens is 1. The van der Waals surface area contributed by atoms with Crippen molar-refractivity contribution in [3.05, 3.63) is 46.1 Å². The van der Waals surface area contributed by atoms with Crippen LogP contribution >= 0.6 is 11.6 Å². The number of hydrogen-bond donors (Lipinski definition) is 0. The van der Waals surface area contributed by atoms with Crippen molar-refractivity contribution in [2.75, 3.05) is 19.7 Å². The zero-order valence-electron chi connectivity index (χ0n) is 12.3. The van der Waals surface area contributed by atoms with E-state index in [1.54, 1.807) is 0 Å². The molecule has 3 nitrogen and oxygen atoms in total. The largest absolute Gasteiger partial charge is 0.463 e. The molecule has 0 aromatic heterocycles. The number of hydrogen-bond acceptors (Lipinski definition) is 3. The first-order valence-corrected chi connectivity index (χ1v) is 7.99. The Morgan fingerprint density at radius 2 is 2.10 bits per heavy atom. The van der Waals surface area contributed by atoms with E-state index >= 15 is 0 Å². The lowest BCUT2D eigenvalue weighted by molar-refractivity contribution is -0.138. The average molecular weight is 306 g/mol. The van der Waals surface area contributed by atoms with Crippen LogP contribution in [-0.2, 0) is 9.53 Å². The molecule has 0 N–H and O–H groups in total. The van der Waals surface area contributed by atoms with Gasteiger partial charge in [0, 0.05) is 29.7 Å². The van der Waals surface area contributed by atoms with Crippen molar-refractivity contribution in [1.29, 1.82) is 0 Å². The maximum absolute atomic E-state index is 12.4. The molecule has 2 aliphatic rings. The number of carbonyl (C=O) groups excluding carboxylic acids is 1. The summed E-state index contributed by atoms with van der Waals surface area (Å²) in [6.07, 6.45) is 3.34. The molecule has 2 aliphatic heterocycles. The first-order chi connectivity index (χ1) is 10.2. The first kappa shape index (κ1) is 14.5. The van der Waals surface area contributed by atoms with Gasteiger partial charge in [0.15, 0.2) is 0 Å². The Labute approximate surface area is 130 Å². The molecule has 0 saturated carbocycles. The topological polar surface area (TPSA) is 29.5 Å². The number of benzene rings is 1. The highest BCUT2D eigenvalue weighted by molar-refractivity contribution is 6.30. The van der Waals surface area contributed by atoms with Gasteiger partial charge in [-0.1, -0.05) is 23.7 Å². The molecule has 1 atom stereocenters. The van der Waals surface area contributed by atoms with E-state index in [1.807, 2.05) is 31.2 Å². The van der Waals surface area contributed by atoms with E-state index in [4.69, 9.17) is 16.3 Å². The van der Waals surface area contributed by atoms with Gasteiger partial charge in [0.05, 0.1) is 12.2 Å². The second-order valence-corrected chi connectivity index (χ2v) is 6.02. The van der Waals surface area contributed by atoms with Gasteiger partial charge in [-0.25, -0.2) is 4.79 Å². The normalized spacial score (nSPS) is 21.4. The van der Waals surface area contributed by atoms with Gasteiger partial charge in [0.1, 0.15) is 0 Å². The van der Waals surface area contributed by atoms with Crippen molar-refractivity contribution in [2.24, 2.45) is 0 Å². The summed E-state index contributed by atoms with van der Waals surface area (Å²) in [5.41, 5.74) is 3.20. The van der Waals surface area contributed by atoms with Gasteiger partial charge in [0.25, 0.3) is 0 Å². The lowest BCUT2D eigenvalue weighted by Gasteiger charge is -2.27. The van der Waals surface area contributed by atoms with Crippen LogP contribution in [0.25, 0.3) is 0 Å². The Balaban J connectivity index is 1.97. The smallest absolute Gasteiger partial charge is 0.336 e. The lowest BCUT2D eigenvalue weighted by atomic mass is 9.92. The number of ether oxygens (including phenoxy) is 1. The van der Waals surface area contributed by atoms with Crippen LogP contribution in [0.5, 0.6) is 0 Å². The van der Waals surface area contributed by atoms with E-state index in [0.29, 0.717) is 6.61 Å². The fraction of sp³-hybridized carbons (Fsp3) is 0.471. The van der Waals surface area contributed by atoms with Crippen LogP contribution in [0, 0.1) is 0 Å². The van der Waals surface area contributed by atoms with Crippen LogP contribution in [0.2, 0.25) is 5.02 Å². The summed E-state index contributed by atoms with van der Waals surface area (Å²) in [5.74, 6) is -0.0498. The third-order valence-corrected chi connectivity index (χ3v) is 4.56. The van der Waals surface area contributed by atoms with Crippen LogP contribution in [0.3, 0.4) is 0 Å². The highest BCUT2D eigenvalue weighted by Crippen LogP contribution is 2.40. The molecule has 0 amide bonds. The number of esters is 1. The molecule has 21 heavy (non-hydrogen) atoms. The minimum atomic E-state index is -0.156. The molecular weight excluding hydrogens is 286 g/mol. The molecule has 0 unspecified atom stereocenters. The monoisotopic (exact) mass is 305 g/mol. The van der Waals surface area contributed by atoms with Crippen LogP contribution in [0.1, 0.15) is 37.7 Å². The standard InChI is InChI=1S/C17H20ClNO2/c1-2-21-17(20)16-14(12-6-8-13(18)9-7-12)11-19-10-4-3-5-15(16)19/h6-9,14H,2-5,10-11H2,1H3/t14-/m1/s1. The SMILES string of the molecule is CCOC(=O)C1=C2CCCCN2C[C@@H]1c1ccc(Cl)cc1. The van der Waals surface area contributed by atoms with Crippen molar-refractivity contribution in [3.8, 4) is 0 Å². The lowest BCUT2D eigenvalue weighted by Crippen LogP contribution is -2.26. The molecule has 0 spiro atoms. The molecule has 1 saturated heterocycles. The maximum atomic E-state index is 12.4. The van der Waals surface area contributed by atoms with Crippen molar-refractivity contribution in [1.82, 2.24) is 4.90 Å². The Morgan fingerprint density at radius 1 is 1.33 bits per heavy atom. The van der Waals surface area contributed by atoms with Gasteiger partial charge in [-0.05, 0) is 43.9 Å². The van der Waals surface area contributed by atoms with Gasteiger partial charge >= 0.3 is 5.97 Å². The quantitative estimate of drug-likeness (QED) is 0.797. The van der Waals surface area contributed by atoms with Crippen molar-refractivity contribution in [2.45, 2.75) is 32.1 Å². The minimum Gasteiger partial charge on any atom is -0.463 e. The molecule has 1 aromatic carbocycles. The van der Waals surface area contributed by atoms with Crippen LogP contribution in [0.4, 0.5) is 0 Å². The van der Waals surface area contributed by atoms with Gasteiger partial charge in [-0.15, -0.1) is 0 Å². The van der Waals surface area contributed by atoms with Crippen LogP contribution < -0.4 is 0 Å². The molecule has 112 valence electrons. The zero-order valence-corrected chi connectivity index (χ0v) is 13.0. The highest BCUT2D eigenvalue weighted by Gasteiger charge is 2.37. The number of fused-ring (bicyclic) bond motifs is 1. The van der Waals surface area contributed by atoms with E-state index in [9.17, 15) is 4.79 Å². The number of nitrogens with zero attached hydrogens (tertiary/aromatic N) is 1. The summed E-state index contributed by atoms with van der Waals surface area (Å²) in [7, 11) is 0. The summed E-state index contributed by atoms with van der Waals surface area (Å²) in [6.45, 7) is 4.20. The number of piperidine rings is 1. The molecule has 1 fully saturated rings. The van der Waals surface area contributed by atoms with Gasteiger partial charge in [-0.2, -0.15) is 0 Å². The van der Waals surface area contributed by atoms with Crippen molar-refractivity contribution in [3.63, 3.8) is 0 Å². The Bertz CT molecular complexity index is 565. The predicted octanol–water partition coefficient (Wildman–Crippen LogP) is 3.74. The molecule has 4 heteroatoms. The van der Waals surface area contributed by atoms with Gasteiger partial charge in [0.2, 0.25) is 0 Å². The van der Waals surface area contributed by atoms with E-state index in [1.165, 1.54) is 12.1 Å². The van der Waals surface area contributed by atoms with E-state index in [2.05, 4.69) is 4.90 Å². The van der Waals surface area contributed by atoms with Crippen LogP contribution in [-0.4, -0.2) is 30.6 Å². The molecule has 2 heterocycles. The Kier molecular flexibility index (Phi) is 4.20. The predicted molar refractivity (Wildman–Crippen MR) is 83.3 cm³/mol. The van der Waals surface area contributed by atoms with Crippen LogP contribution in [0.15, 0.2) is 35.5 Å². The number of rotatable bonds is 3. The Hall–Kier alpha value is -1.48. The molecule has 0 radical (unpaired) electrons. The summed E-state index contributed by atoms with van der Waals surface area (Å²) in [5, 5.41) is 0.722. The maximum Gasteiger partial charge on any atom is 0.336 e. The first-order valence-electron chi connectivity index (χ1n) is 7.61. The Morgan fingerprint density at radius 3 is 2.81 bits per heavy atom. The molecule has 0 aliphatic carbocycles. The fourth-order valence-electron chi connectivity index (χ4n) is 3.34. The molecule has 0 bridgehead atoms. The summed E-state index contributed by atoms with van der Waals surface area (Å²) >= 11 is 5.97. The van der Waals surface area contributed by atoms with Gasteiger partial charge < -0.3 is 9.64 Å². The second-order valence-electron chi connectivity index (χ2n) is 5.59. The minimum absolute atomic E-state index is 0.106. The van der Waals surface area contributed by atoms with Gasteiger partial charge in [-0.3, -0.25) is 0 Å². The second kappa shape index (κ2) is 6.10. The highest BCUT2D eigenvalue weighted by atomic mass is 35.5. The fourth-order valence-corrected chi connectivity index (χ4v) is 3.47. The summed E-state index contributed by atoms with van der Waals surface area (Å²) in [4.78, 5) is 14.8. The molecule has 1 aromatic rings. The van der Waals surface area contributed by atoms with Crippen molar-refractivity contribution >= 4 is 17.6 Å².